The lowest BCUT2D eigenvalue weighted by molar-refractivity contribution is -0.154. The van der Waals surface area contributed by atoms with Crippen LogP contribution >= 0.6 is 0 Å². The van der Waals surface area contributed by atoms with Crippen molar-refractivity contribution in [2.75, 3.05) is 19.8 Å². The van der Waals surface area contributed by atoms with Crippen molar-refractivity contribution < 1.29 is 19.4 Å². The van der Waals surface area contributed by atoms with Crippen LogP contribution in [0.4, 0.5) is 0 Å². The predicted octanol–water partition coefficient (Wildman–Crippen LogP) is 11.0. The van der Waals surface area contributed by atoms with Crippen LogP contribution in [0.25, 0.3) is 0 Å². The minimum atomic E-state index is -0.527. The summed E-state index contributed by atoms with van der Waals surface area (Å²) in [4.78, 5) is 12.0. The number of carbonyl (C=O) groups excluding carboxylic acids is 1. The first kappa shape index (κ1) is 39.1. The molecule has 0 aromatic carbocycles. The van der Waals surface area contributed by atoms with Gasteiger partial charge in [-0.05, 0) is 38.5 Å². The van der Waals surface area contributed by atoms with Crippen LogP contribution in [0.1, 0.15) is 187 Å². The van der Waals surface area contributed by atoms with E-state index in [9.17, 15) is 9.90 Å². The fraction of sp³-hybridized carbons (Fsp3) is 0.917. The zero-order chi connectivity index (χ0) is 29.2. The first-order chi connectivity index (χ1) is 19.7. The first-order valence-corrected chi connectivity index (χ1v) is 17.8. The minimum absolute atomic E-state index is 0.168. The first-order valence-electron chi connectivity index (χ1n) is 17.8. The minimum Gasteiger partial charge on any atom is -0.457 e. The lowest BCUT2D eigenvalue weighted by Crippen LogP contribution is -2.27. The Hall–Kier alpha value is -0.870. The summed E-state index contributed by atoms with van der Waals surface area (Å²) in [5.74, 6) is -0.204. The molecular weight excluding hydrogens is 496 g/mol. The summed E-state index contributed by atoms with van der Waals surface area (Å²) in [7, 11) is 0. The van der Waals surface area contributed by atoms with E-state index in [2.05, 4.69) is 26.0 Å². The molecule has 238 valence electrons. The molecule has 0 rings (SSSR count). The number of aliphatic hydroxyl groups excluding tert-OH is 1. The molecule has 1 N–H and O–H groups in total. The van der Waals surface area contributed by atoms with Crippen LogP contribution in [0.15, 0.2) is 12.2 Å². The smallest absolute Gasteiger partial charge is 0.306 e. The van der Waals surface area contributed by atoms with Crippen LogP contribution in [0.5, 0.6) is 0 Å². The van der Waals surface area contributed by atoms with Gasteiger partial charge in [0, 0.05) is 13.0 Å². The maximum atomic E-state index is 12.0. The molecule has 40 heavy (non-hydrogen) atoms. The quantitative estimate of drug-likeness (QED) is 0.0487. The molecule has 1 atom stereocenters. The molecular formula is C36H70O4. The second kappa shape index (κ2) is 34.3. The lowest BCUT2D eigenvalue weighted by Gasteiger charge is -2.16. The third-order valence-corrected chi connectivity index (χ3v) is 7.84. The highest BCUT2D eigenvalue weighted by Crippen LogP contribution is 2.13. The van der Waals surface area contributed by atoms with Crippen molar-refractivity contribution in [3.8, 4) is 0 Å². The van der Waals surface area contributed by atoms with E-state index in [1.54, 1.807) is 0 Å². The lowest BCUT2D eigenvalue weighted by atomic mass is 10.1. The van der Waals surface area contributed by atoms with Crippen molar-refractivity contribution in [2.45, 2.75) is 193 Å². The Balaban J connectivity index is 3.38. The van der Waals surface area contributed by atoms with E-state index in [0.717, 1.165) is 19.3 Å². The number of aliphatic hydroxyl groups is 1. The van der Waals surface area contributed by atoms with Crippen molar-refractivity contribution >= 4 is 5.97 Å². The molecule has 1 unspecified atom stereocenters. The summed E-state index contributed by atoms with van der Waals surface area (Å²) in [5.41, 5.74) is 0. The van der Waals surface area contributed by atoms with E-state index in [0.29, 0.717) is 19.6 Å². The number of rotatable bonds is 33. The van der Waals surface area contributed by atoms with E-state index < -0.39 is 6.10 Å². The Morgan fingerprint density at radius 2 is 0.975 bits per heavy atom. The zero-order valence-corrected chi connectivity index (χ0v) is 27.1. The van der Waals surface area contributed by atoms with Crippen LogP contribution in [0.3, 0.4) is 0 Å². The molecule has 0 heterocycles. The van der Waals surface area contributed by atoms with Gasteiger partial charge in [-0.3, -0.25) is 4.79 Å². The Morgan fingerprint density at radius 1 is 0.575 bits per heavy atom. The third kappa shape index (κ3) is 31.7. The monoisotopic (exact) mass is 567 g/mol. The van der Waals surface area contributed by atoms with Gasteiger partial charge in [0.2, 0.25) is 0 Å². The van der Waals surface area contributed by atoms with Gasteiger partial charge in [-0.25, -0.2) is 0 Å². The Kier molecular flexibility index (Phi) is 33.6. The molecule has 4 heteroatoms. The summed E-state index contributed by atoms with van der Waals surface area (Å²) in [6.45, 7) is 5.33. The van der Waals surface area contributed by atoms with E-state index >= 15 is 0 Å². The number of unbranched alkanes of at least 4 members (excludes halogenated alkanes) is 23. The molecule has 0 saturated carbocycles. The molecule has 0 aliphatic rings. The number of hydrogen-bond donors (Lipinski definition) is 1. The van der Waals surface area contributed by atoms with Gasteiger partial charge < -0.3 is 14.6 Å². The van der Waals surface area contributed by atoms with Crippen molar-refractivity contribution in [3.05, 3.63) is 12.2 Å². The van der Waals surface area contributed by atoms with Crippen LogP contribution in [0, 0.1) is 0 Å². The fourth-order valence-electron chi connectivity index (χ4n) is 5.15. The molecule has 0 fully saturated rings. The van der Waals surface area contributed by atoms with Gasteiger partial charge in [0.15, 0.2) is 0 Å². The Bertz CT molecular complexity index is 519. The summed E-state index contributed by atoms with van der Waals surface area (Å²) >= 11 is 0. The van der Waals surface area contributed by atoms with Crippen LogP contribution in [-0.4, -0.2) is 37.0 Å². The van der Waals surface area contributed by atoms with Gasteiger partial charge in [-0.1, -0.05) is 154 Å². The van der Waals surface area contributed by atoms with Crippen LogP contribution in [-0.2, 0) is 14.3 Å². The summed E-state index contributed by atoms with van der Waals surface area (Å²) < 4.78 is 11.1. The normalized spacial score (nSPS) is 12.4. The predicted molar refractivity (Wildman–Crippen MR) is 173 cm³/mol. The van der Waals surface area contributed by atoms with Gasteiger partial charge >= 0.3 is 5.97 Å². The third-order valence-electron chi connectivity index (χ3n) is 7.84. The molecule has 0 aliphatic carbocycles. The van der Waals surface area contributed by atoms with Gasteiger partial charge in [0.1, 0.15) is 6.10 Å². The molecule has 0 aromatic rings. The molecule has 0 saturated heterocycles. The molecule has 0 aromatic heterocycles. The highest BCUT2D eigenvalue weighted by Gasteiger charge is 2.13. The standard InChI is InChI=1S/C36H70O4/c1-3-5-7-9-11-13-14-15-16-17-18-19-20-21-22-24-26-28-30-32-39-34-35(33-37)40-36(38)31-29-27-25-23-12-10-8-6-4-2/h16-17,35,37H,3-15,18-34H2,1-2H3/b17-16-. The maximum absolute atomic E-state index is 12.0. The van der Waals surface area contributed by atoms with E-state index in [4.69, 9.17) is 9.47 Å². The maximum Gasteiger partial charge on any atom is 0.306 e. The number of carbonyl (C=O) groups is 1. The highest BCUT2D eigenvalue weighted by atomic mass is 16.6. The SMILES string of the molecule is CCCCCCCCC/C=C\CCCCCCCCCCOCC(CO)OC(=O)CCCCCCCCCCC. The molecule has 0 radical (unpaired) electrons. The summed E-state index contributed by atoms with van der Waals surface area (Å²) in [6.07, 6.45) is 38.2. The molecule has 0 spiro atoms. The van der Waals surface area contributed by atoms with Crippen molar-refractivity contribution in [2.24, 2.45) is 0 Å². The second-order valence-corrected chi connectivity index (χ2v) is 11.9. The fourth-order valence-corrected chi connectivity index (χ4v) is 5.15. The van der Waals surface area contributed by atoms with Gasteiger partial charge in [0.05, 0.1) is 13.2 Å². The molecule has 0 amide bonds. The largest absolute Gasteiger partial charge is 0.457 e. The van der Waals surface area contributed by atoms with Gasteiger partial charge in [0.25, 0.3) is 0 Å². The van der Waals surface area contributed by atoms with Gasteiger partial charge in [-0.15, -0.1) is 0 Å². The van der Waals surface area contributed by atoms with E-state index in [1.807, 2.05) is 0 Å². The van der Waals surface area contributed by atoms with E-state index in [1.165, 1.54) is 148 Å². The summed E-state index contributed by atoms with van der Waals surface area (Å²) in [6, 6.07) is 0. The second-order valence-electron chi connectivity index (χ2n) is 11.9. The average Bonchev–Trinajstić information content (AvgIpc) is 2.96. The Morgan fingerprint density at radius 3 is 1.43 bits per heavy atom. The molecule has 0 aliphatic heterocycles. The summed E-state index contributed by atoms with van der Waals surface area (Å²) in [5, 5.41) is 9.51. The number of ether oxygens (including phenoxy) is 2. The highest BCUT2D eigenvalue weighted by molar-refractivity contribution is 5.69. The van der Waals surface area contributed by atoms with Gasteiger partial charge in [-0.2, -0.15) is 0 Å². The van der Waals surface area contributed by atoms with Crippen molar-refractivity contribution in [1.29, 1.82) is 0 Å². The Labute approximate surface area is 250 Å². The van der Waals surface area contributed by atoms with Crippen LogP contribution < -0.4 is 0 Å². The number of esters is 1. The van der Waals surface area contributed by atoms with Crippen molar-refractivity contribution in [1.82, 2.24) is 0 Å². The average molecular weight is 567 g/mol. The zero-order valence-electron chi connectivity index (χ0n) is 27.1. The molecule has 0 bridgehead atoms. The van der Waals surface area contributed by atoms with Crippen molar-refractivity contribution in [3.63, 3.8) is 0 Å². The van der Waals surface area contributed by atoms with E-state index in [-0.39, 0.29) is 12.6 Å². The number of hydrogen-bond acceptors (Lipinski definition) is 4. The topological polar surface area (TPSA) is 55.8 Å². The van der Waals surface area contributed by atoms with Crippen LogP contribution in [0.2, 0.25) is 0 Å². The number of allylic oxidation sites excluding steroid dienone is 2. The molecule has 4 nitrogen and oxygen atoms in total.